The Hall–Kier alpha value is -1.46. The first-order chi connectivity index (χ1) is 10.1. The third-order valence-electron chi connectivity index (χ3n) is 3.05. The Morgan fingerprint density at radius 2 is 1.95 bits per heavy atom. The molecule has 5 heteroatoms. The SMILES string of the molecule is COc1ccc(CCNC(=O)c2cc(S)ccc2Br)cc1. The number of carbonyl (C=O) groups is 1. The largest absolute Gasteiger partial charge is 0.497 e. The summed E-state index contributed by atoms with van der Waals surface area (Å²) in [7, 11) is 1.64. The minimum absolute atomic E-state index is 0.105. The highest BCUT2D eigenvalue weighted by Crippen LogP contribution is 2.20. The van der Waals surface area contributed by atoms with Gasteiger partial charge in [-0.25, -0.2) is 0 Å². The van der Waals surface area contributed by atoms with E-state index < -0.39 is 0 Å². The zero-order valence-corrected chi connectivity index (χ0v) is 14.1. The van der Waals surface area contributed by atoms with E-state index in [1.165, 1.54) is 0 Å². The van der Waals surface area contributed by atoms with Gasteiger partial charge in [-0.1, -0.05) is 12.1 Å². The van der Waals surface area contributed by atoms with Gasteiger partial charge in [0.1, 0.15) is 5.75 Å². The van der Waals surface area contributed by atoms with E-state index in [0.29, 0.717) is 12.1 Å². The van der Waals surface area contributed by atoms with E-state index in [0.717, 1.165) is 27.1 Å². The Kier molecular flexibility index (Phi) is 5.70. The number of nitrogens with one attached hydrogen (secondary N) is 1. The number of ether oxygens (including phenoxy) is 1. The van der Waals surface area contributed by atoms with Crippen LogP contribution in [0.5, 0.6) is 5.75 Å². The Morgan fingerprint density at radius 1 is 1.24 bits per heavy atom. The molecule has 0 spiro atoms. The van der Waals surface area contributed by atoms with Gasteiger partial charge in [-0.05, 0) is 58.2 Å². The molecule has 1 amide bonds. The fourth-order valence-electron chi connectivity index (χ4n) is 1.90. The molecule has 0 atom stereocenters. The van der Waals surface area contributed by atoms with Gasteiger partial charge in [-0.15, -0.1) is 12.6 Å². The predicted octanol–water partition coefficient (Wildman–Crippen LogP) is 3.72. The Balaban J connectivity index is 1.90. The van der Waals surface area contributed by atoms with Gasteiger partial charge in [-0.2, -0.15) is 0 Å². The molecule has 0 fully saturated rings. The molecule has 0 bridgehead atoms. The molecule has 0 aliphatic carbocycles. The minimum atomic E-state index is -0.105. The number of hydrogen-bond acceptors (Lipinski definition) is 3. The van der Waals surface area contributed by atoms with Crippen LogP contribution in [0.25, 0.3) is 0 Å². The number of carbonyl (C=O) groups excluding carboxylic acids is 1. The van der Waals surface area contributed by atoms with Crippen molar-refractivity contribution in [3.63, 3.8) is 0 Å². The van der Waals surface area contributed by atoms with E-state index in [4.69, 9.17) is 4.74 Å². The summed E-state index contributed by atoms with van der Waals surface area (Å²) < 4.78 is 5.88. The number of methoxy groups -OCH3 is 1. The summed E-state index contributed by atoms with van der Waals surface area (Å²) in [5.41, 5.74) is 1.75. The zero-order valence-electron chi connectivity index (χ0n) is 11.6. The van der Waals surface area contributed by atoms with Crippen molar-refractivity contribution in [1.29, 1.82) is 0 Å². The highest BCUT2D eigenvalue weighted by Gasteiger charge is 2.09. The van der Waals surface area contributed by atoms with Gasteiger partial charge in [-0.3, -0.25) is 4.79 Å². The van der Waals surface area contributed by atoms with Crippen molar-refractivity contribution in [2.75, 3.05) is 13.7 Å². The first-order valence-electron chi connectivity index (χ1n) is 6.50. The van der Waals surface area contributed by atoms with Crippen molar-refractivity contribution in [2.45, 2.75) is 11.3 Å². The standard InChI is InChI=1S/C16H16BrNO2S/c1-20-12-4-2-11(3-5-12)8-9-18-16(19)14-10-13(21)6-7-15(14)17/h2-7,10,21H,8-9H2,1H3,(H,18,19). The number of amides is 1. The van der Waals surface area contributed by atoms with Gasteiger partial charge in [0.2, 0.25) is 0 Å². The lowest BCUT2D eigenvalue weighted by atomic mass is 10.1. The van der Waals surface area contributed by atoms with Crippen LogP contribution in [0.3, 0.4) is 0 Å². The molecule has 3 nitrogen and oxygen atoms in total. The van der Waals surface area contributed by atoms with Crippen LogP contribution >= 0.6 is 28.6 Å². The number of halogens is 1. The average molecular weight is 366 g/mol. The first kappa shape index (κ1) is 15.9. The van der Waals surface area contributed by atoms with Crippen LogP contribution in [-0.2, 0) is 6.42 Å². The summed E-state index contributed by atoms with van der Waals surface area (Å²) in [6.45, 7) is 0.578. The van der Waals surface area contributed by atoms with Crippen LogP contribution in [0, 0.1) is 0 Å². The van der Waals surface area contributed by atoms with E-state index in [9.17, 15) is 4.79 Å². The molecular formula is C16H16BrNO2S. The van der Waals surface area contributed by atoms with E-state index in [1.54, 1.807) is 13.2 Å². The highest BCUT2D eigenvalue weighted by atomic mass is 79.9. The third kappa shape index (κ3) is 4.51. The summed E-state index contributed by atoms with van der Waals surface area (Å²) in [5.74, 6) is 0.726. The molecule has 0 saturated carbocycles. The lowest BCUT2D eigenvalue weighted by molar-refractivity contribution is 0.0953. The highest BCUT2D eigenvalue weighted by molar-refractivity contribution is 9.10. The smallest absolute Gasteiger partial charge is 0.252 e. The molecule has 0 heterocycles. The number of hydrogen-bond donors (Lipinski definition) is 2. The predicted molar refractivity (Wildman–Crippen MR) is 90.4 cm³/mol. The van der Waals surface area contributed by atoms with Crippen molar-refractivity contribution in [3.05, 3.63) is 58.1 Å². The van der Waals surface area contributed by atoms with Crippen molar-refractivity contribution in [3.8, 4) is 5.75 Å². The van der Waals surface area contributed by atoms with E-state index in [2.05, 4.69) is 33.9 Å². The van der Waals surface area contributed by atoms with Crippen LogP contribution in [0.1, 0.15) is 15.9 Å². The van der Waals surface area contributed by atoms with Crippen LogP contribution < -0.4 is 10.1 Å². The topological polar surface area (TPSA) is 38.3 Å². The fourth-order valence-corrected chi connectivity index (χ4v) is 2.53. The number of rotatable bonds is 5. The Labute approximate surface area is 138 Å². The lowest BCUT2D eigenvalue weighted by Crippen LogP contribution is -2.26. The zero-order chi connectivity index (χ0) is 15.2. The second kappa shape index (κ2) is 7.52. The molecule has 0 saturated heterocycles. The molecule has 21 heavy (non-hydrogen) atoms. The van der Waals surface area contributed by atoms with E-state index in [-0.39, 0.29) is 5.91 Å². The van der Waals surface area contributed by atoms with Crippen LogP contribution in [-0.4, -0.2) is 19.6 Å². The van der Waals surface area contributed by atoms with Crippen molar-refractivity contribution >= 4 is 34.5 Å². The monoisotopic (exact) mass is 365 g/mol. The summed E-state index contributed by atoms with van der Waals surface area (Å²) in [5, 5.41) is 2.91. The van der Waals surface area contributed by atoms with E-state index >= 15 is 0 Å². The summed E-state index contributed by atoms with van der Waals surface area (Å²) >= 11 is 7.63. The van der Waals surface area contributed by atoms with Crippen molar-refractivity contribution in [2.24, 2.45) is 0 Å². The number of benzene rings is 2. The Morgan fingerprint density at radius 3 is 2.62 bits per heavy atom. The summed E-state index contributed by atoms with van der Waals surface area (Å²) in [6, 6.07) is 13.2. The van der Waals surface area contributed by atoms with Gasteiger partial charge in [0.05, 0.1) is 12.7 Å². The van der Waals surface area contributed by atoms with Crippen LogP contribution in [0.15, 0.2) is 51.8 Å². The molecule has 0 aliphatic heterocycles. The third-order valence-corrected chi connectivity index (χ3v) is 4.02. The minimum Gasteiger partial charge on any atom is -0.497 e. The molecule has 0 aromatic heterocycles. The van der Waals surface area contributed by atoms with Gasteiger partial charge < -0.3 is 10.1 Å². The molecule has 0 radical (unpaired) electrons. The maximum atomic E-state index is 12.1. The van der Waals surface area contributed by atoms with Gasteiger partial charge >= 0.3 is 0 Å². The molecule has 110 valence electrons. The first-order valence-corrected chi connectivity index (χ1v) is 7.74. The van der Waals surface area contributed by atoms with Crippen molar-refractivity contribution in [1.82, 2.24) is 5.32 Å². The molecule has 2 aromatic carbocycles. The molecule has 2 aromatic rings. The Bertz CT molecular complexity index is 629. The van der Waals surface area contributed by atoms with Crippen LogP contribution in [0.2, 0.25) is 0 Å². The normalized spacial score (nSPS) is 10.2. The second-order valence-electron chi connectivity index (χ2n) is 4.52. The van der Waals surface area contributed by atoms with Gasteiger partial charge in [0.25, 0.3) is 5.91 Å². The average Bonchev–Trinajstić information content (AvgIpc) is 2.50. The van der Waals surface area contributed by atoms with E-state index in [1.807, 2.05) is 36.4 Å². The second-order valence-corrected chi connectivity index (χ2v) is 5.89. The molecular weight excluding hydrogens is 350 g/mol. The van der Waals surface area contributed by atoms with Gasteiger partial charge in [0, 0.05) is 15.9 Å². The van der Waals surface area contributed by atoms with Crippen LogP contribution in [0.4, 0.5) is 0 Å². The fraction of sp³-hybridized carbons (Fsp3) is 0.188. The molecule has 0 aliphatic rings. The maximum Gasteiger partial charge on any atom is 0.252 e. The van der Waals surface area contributed by atoms with Gasteiger partial charge in [0.15, 0.2) is 0 Å². The van der Waals surface area contributed by atoms with Crippen molar-refractivity contribution < 1.29 is 9.53 Å². The number of thiol groups is 1. The quantitative estimate of drug-likeness (QED) is 0.792. The summed E-state index contributed by atoms with van der Waals surface area (Å²) in [6.07, 6.45) is 0.772. The maximum absolute atomic E-state index is 12.1. The molecule has 2 rings (SSSR count). The molecule has 1 N–H and O–H groups in total. The molecule has 0 unspecified atom stereocenters. The summed E-state index contributed by atoms with van der Waals surface area (Å²) in [4.78, 5) is 12.9. The lowest BCUT2D eigenvalue weighted by Gasteiger charge is -2.08.